The van der Waals surface area contributed by atoms with Gasteiger partial charge in [0, 0.05) is 0 Å². The number of carbonyl (C=O) groups is 1. The van der Waals surface area contributed by atoms with Gasteiger partial charge in [-0.1, -0.05) is 0 Å². The third-order valence-corrected chi connectivity index (χ3v) is 19.2. The van der Waals surface area contributed by atoms with Gasteiger partial charge < -0.3 is 0 Å². The molecule has 1 unspecified atom stereocenters. The number of ketones is 1. The van der Waals surface area contributed by atoms with Gasteiger partial charge in [-0.3, -0.25) is 0 Å². The summed E-state index contributed by atoms with van der Waals surface area (Å²) >= 11 is 1.00. The molecule has 0 aromatic rings. The van der Waals surface area contributed by atoms with Crippen molar-refractivity contribution in [2.75, 3.05) is 5.33 Å². The first-order valence-corrected chi connectivity index (χ1v) is 18.0. The van der Waals surface area contributed by atoms with E-state index < -0.39 is 18.8 Å². The van der Waals surface area contributed by atoms with Crippen molar-refractivity contribution in [1.82, 2.24) is 0 Å². The van der Waals surface area contributed by atoms with Crippen molar-refractivity contribution in [3.63, 3.8) is 0 Å². The summed E-state index contributed by atoms with van der Waals surface area (Å²) < 4.78 is 11.1. The van der Waals surface area contributed by atoms with Crippen LogP contribution in [0.2, 0.25) is 13.3 Å². The summed E-state index contributed by atoms with van der Waals surface area (Å²) in [6.45, 7) is 10.7. The number of unbranched alkanes of at least 4 members (excludes halogenated alkanes) is 3. The molecule has 2 nitrogen and oxygen atoms in total. The van der Waals surface area contributed by atoms with Gasteiger partial charge in [0.15, 0.2) is 0 Å². The summed E-state index contributed by atoms with van der Waals surface area (Å²) in [4.78, 5) is 11.8. The van der Waals surface area contributed by atoms with Crippen LogP contribution in [0.15, 0.2) is 0 Å². The zero-order valence-corrected chi connectivity index (χ0v) is 20.6. The Morgan fingerprint density at radius 2 is 1.39 bits per heavy atom. The normalized spacial score (nSPS) is 14.7. The molecule has 0 heterocycles. The first-order chi connectivity index (χ1) is 10.9. The predicted molar refractivity (Wildman–Crippen MR) is 108 cm³/mol. The second-order valence-corrected chi connectivity index (χ2v) is 19.3. The van der Waals surface area contributed by atoms with E-state index in [0.717, 1.165) is 11.8 Å². The monoisotopic (exact) mass is 498 g/mol. The van der Waals surface area contributed by atoms with E-state index in [4.69, 9.17) is 3.07 Å². The van der Waals surface area contributed by atoms with Crippen LogP contribution >= 0.6 is 15.9 Å². The van der Waals surface area contributed by atoms with Crippen LogP contribution in [0.4, 0.5) is 0 Å². The van der Waals surface area contributed by atoms with Crippen molar-refractivity contribution in [3.05, 3.63) is 0 Å². The Hall–Kier alpha value is 0.909. The van der Waals surface area contributed by atoms with E-state index >= 15 is 0 Å². The topological polar surface area (TPSA) is 26.3 Å². The van der Waals surface area contributed by atoms with E-state index in [9.17, 15) is 4.79 Å². The van der Waals surface area contributed by atoms with E-state index in [0.29, 0.717) is 6.42 Å². The second kappa shape index (κ2) is 13.2. The Balaban J connectivity index is 5.41. The Morgan fingerprint density at radius 3 is 1.65 bits per heavy atom. The molecule has 0 amide bonds. The molecule has 0 N–H and O–H groups in total. The zero-order chi connectivity index (χ0) is 17.8. The van der Waals surface area contributed by atoms with Gasteiger partial charge in [0.25, 0.3) is 0 Å². The van der Waals surface area contributed by atoms with Crippen LogP contribution in [-0.4, -0.2) is 35.5 Å². The minimum absolute atomic E-state index is 0.253. The van der Waals surface area contributed by atoms with Gasteiger partial charge in [-0.25, -0.2) is 0 Å². The quantitative estimate of drug-likeness (QED) is 0.182. The van der Waals surface area contributed by atoms with E-state index in [1.54, 1.807) is 6.92 Å². The van der Waals surface area contributed by atoms with Crippen LogP contribution in [0.5, 0.6) is 0 Å². The van der Waals surface area contributed by atoms with Gasteiger partial charge in [0.2, 0.25) is 0 Å². The van der Waals surface area contributed by atoms with Gasteiger partial charge in [-0.15, -0.1) is 0 Å². The van der Waals surface area contributed by atoms with E-state index in [-0.39, 0.29) is 11.4 Å². The molecule has 0 aliphatic heterocycles. The fourth-order valence-corrected chi connectivity index (χ4v) is 19.7. The van der Waals surface area contributed by atoms with Crippen molar-refractivity contribution in [3.8, 4) is 0 Å². The fraction of sp³-hybridized carbons (Fsp3) is 0.947. The molecule has 23 heavy (non-hydrogen) atoms. The van der Waals surface area contributed by atoms with Crippen LogP contribution < -0.4 is 0 Å². The molecule has 1 atom stereocenters. The Kier molecular flexibility index (Phi) is 13.7. The summed E-state index contributed by atoms with van der Waals surface area (Å²) in [5.41, 5.74) is -0.253. The Labute approximate surface area is 158 Å². The van der Waals surface area contributed by atoms with Crippen LogP contribution in [0.3, 0.4) is 0 Å². The molecule has 0 saturated heterocycles. The zero-order valence-electron chi connectivity index (χ0n) is 16.2. The fourth-order valence-electron chi connectivity index (χ4n) is 3.34. The number of carbonyl (C=O) groups excluding carboxylic acids is 1. The van der Waals surface area contributed by atoms with Crippen LogP contribution in [0, 0.1) is 0 Å². The molecule has 4 heteroatoms. The van der Waals surface area contributed by atoms with Gasteiger partial charge >= 0.3 is 159 Å². The number of rotatable bonds is 15. The predicted octanol–water partition coefficient (Wildman–Crippen LogP) is 6.87. The molecular weight excluding hydrogens is 459 g/mol. The molecule has 0 saturated carbocycles. The van der Waals surface area contributed by atoms with Crippen molar-refractivity contribution in [1.29, 1.82) is 0 Å². The summed E-state index contributed by atoms with van der Waals surface area (Å²) in [6.07, 6.45) is 9.14. The molecule has 0 rings (SSSR count). The van der Waals surface area contributed by atoms with E-state index in [1.807, 2.05) is 0 Å². The summed E-state index contributed by atoms with van der Waals surface area (Å²) in [6, 6.07) is 0. The summed E-state index contributed by atoms with van der Waals surface area (Å²) in [5, 5.41) is 0.791. The molecule has 0 radical (unpaired) electrons. The first-order valence-electron chi connectivity index (χ1n) is 9.68. The van der Waals surface area contributed by atoms with Gasteiger partial charge in [0.05, 0.1) is 0 Å². The van der Waals surface area contributed by atoms with Crippen molar-refractivity contribution < 1.29 is 7.87 Å². The van der Waals surface area contributed by atoms with Gasteiger partial charge in [0.1, 0.15) is 0 Å². The third kappa shape index (κ3) is 9.25. The van der Waals surface area contributed by atoms with Crippen LogP contribution in [-0.2, 0) is 7.87 Å². The SMILES string of the molecule is CCC[CH2][Sn]([CH2]CCC)([CH2]CCC)[O]C(CC)(CBr)CC(C)=O. The number of hydrogen-bond donors (Lipinski definition) is 0. The maximum absolute atomic E-state index is 11.8. The van der Waals surface area contributed by atoms with E-state index in [2.05, 4.69) is 43.6 Å². The minimum atomic E-state index is -2.67. The Bertz CT molecular complexity index is 295. The molecule has 0 fully saturated rings. The van der Waals surface area contributed by atoms with Crippen molar-refractivity contribution >= 4 is 40.5 Å². The number of alkyl halides is 1. The average molecular weight is 498 g/mol. The van der Waals surface area contributed by atoms with Crippen LogP contribution in [0.25, 0.3) is 0 Å². The third-order valence-electron chi connectivity index (χ3n) is 4.85. The molecular formula is C19H39BrO2Sn. The second-order valence-electron chi connectivity index (χ2n) is 7.14. The van der Waals surface area contributed by atoms with Gasteiger partial charge in [-0.2, -0.15) is 0 Å². The van der Waals surface area contributed by atoms with Gasteiger partial charge in [-0.05, 0) is 0 Å². The first kappa shape index (κ1) is 23.9. The number of hydrogen-bond acceptors (Lipinski definition) is 2. The Morgan fingerprint density at radius 1 is 0.957 bits per heavy atom. The molecule has 0 aliphatic carbocycles. The number of halogens is 1. The molecule has 0 aromatic heterocycles. The van der Waals surface area contributed by atoms with Crippen molar-refractivity contribution in [2.24, 2.45) is 0 Å². The summed E-state index contributed by atoms with van der Waals surface area (Å²) in [7, 11) is 0. The number of Topliss-reactive ketones (excluding diaryl/α,β-unsaturated/α-hetero) is 1. The maximum atomic E-state index is 11.8. The van der Waals surface area contributed by atoms with E-state index in [1.165, 1.54) is 51.8 Å². The average Bonchev–Trinajstić information content (AvgIpc) is 2.55. The molecule has 0 bridgehead atoms. The van der Waals surface area contributed by atoms with Crippen molar-refractivity contribution in [2.45, 2.75) is 105 Å². The standard InChI is InChI=1S/C7H12BrO2.3C4H9.Sn/c1-3-7(10,5-8)4-6(2)9;3*1-3-4-2;/h3-5H2,1-2H3;3*1,3-4H2,2H3;/q-1;;;;+1. The molecule has 0 aromatic carbocycles. The molecule has 0 spiro atoms. The molecule has 138 valence electrons. The molecule has 0 aliphatic rings. The van der Waals surface area contributed by atoms with Crippen LogP contribution in [0.1, 0.15) is 86.0 Å². The summed E-state index contributed by atoms with van der Waals surface area (Å²) in [5.74, 6) is 0.257.